The number of hydrogen-bond acceptors (Lipinski definition) is 1. The van der Waals surface area contributed by atoms with E-state index in [1.165, 1.54) is 5.56 Å². The van der Waals surface area contributed by atoms with Gasteiger partial charge in [-0.05, 0) is 17.5 Å². The maximum atomic E-state index is 6.00. The standard InChI is InChI=1S/C15H15N/c16-15(14-9-5-2-6-10-14)12-11-13-7-3-1-4-8-13/h1-10,12H,11,16H2/b15-12-. The molecule has 0 radical (unpaired) electrons. The fourth-order valence-electron chi connectivity index (χ4n) is 1.59. The molecule has 0 saturated carbocycles. The van der Waals surface area contributed by atoms with Gasteiger partial charge in [0.15, 0.2) is 0 Å². The molecule has 2 N–H and O–H groups in total. The predicted molar refractivity (Wildman–Crippen MR) is 68.8 cm³/mol. The highest BCUT2D eigenvalue weighted by Crippen LogP contribution is 2.09. The second kappa shape index (κ2) is 5.17. The van der Waals surface area contributed by atoms with Gasteiger partial charge in [0.2, 0.25) is 0 Å². The van der Waals surface area contributed by atoms with Gasteiger partial charge in [-0.3, -0.25) is 0 Å². The minimum atomic E-state index is 0.837. The summed E-state index contributed by atoms with van der Waals surface area (Å²) in [7, 11) is 0. The van der Waals surface area contributed by atoms with E-state index in [0.717, 1.165) is 17.7 Å². The Kier molecular flexibility index (Phi) is 3.39. The third-order valence-electron chi connectivity index (χ3n) is 2.51. The number of allylic oxidation sites excluding steroid dienone is 1. The van der Waals surface area contributed by atoms with Gasteiger partial charge in [-0.2, -0.15) is 0 Å². The Labute approximate surface area is 96.2 Å². The van der Waals surface area contributed by atoms with Crippen molar-refractivity contribution in [2.24, 2.45) is 5.73 Å². The minimum absolute atomic E-state index is 0.837. The average molecular weight is 209 g/mol. The third-order valence-corrected chi connectivity index (χ3v) is 2.51. The molecule has 1 heteroatoms. The summed E-state index contributed by atoms with van der Waals surface area (Å²) in [6.45, 7) is 0. The lowest BCUT2D eigenvalue weighted by molar-refractivity contribution is 1.26. The summed E-state index contributed by atoms with van der Waals surface area (Å²) in [6, 6.07) is 20.4. The number of benzene rings is 2. The van der Waals surface area contributed by atoms with Gasteiger partial charge in [0.05, 0.1) is 0 Å². The monoisotopic (exact) mass is 209 g/mol. The van der Waals surface area contributed by atoms with Crippen molar-refractivity contribution in [1.82, 2.24) is 0 Å². The topological polar surface area (TPSA) is 26.0 Å². The summed E-state index contributed by atoms with van der Waals surface area (Å²) < 4.78 is 0. The van der Waals surface area contributed by atoms with Crippen LogP contribution in [0.3, 0.4) is 0 Å². The Morgan fingerprint density at radius 2 is 1.44 bits per heavy atom. The maximum Gasteiger partial charge on any atom is 0.0350 e. The first-order valence-corrected chi connectivity index (χ1v) is 5.41. The highest BCUT2D eigenvalue weighted by Gasteiger charge is 1.94. The molecule has 0 aliphatic heterocycles. The molecule has 0 fully saturated rings. The Morgan fingerprint density at radius 3 is 2.06 bits per heavy atom. The van der Waals surface area contributed by atoms with Gasteiger partial charge in [-0.1, -0.05) is 66.7 Å². The molecule has 2 aromatic rings. The summed E-state index contributed by atoms with van der Waals surface area (Å²) in [5.41, 5.74) is 9.20. The predicted octanol–water partition coefficient (Wildman–Crippen LogP) is 3.23. The lowest BCUT2D eigenvalue weighted by atomic mass is 10.1. The first kappa shape index (κ1) is 10.5. The number of hydrogen-bond donors (Lipinski definition) is 1. The summed E-state index contributed by atoms with van der Waals surface area (Å²) in [5.74, 6) is 0. The lowest BCUT2D eigenvalue weighted by Gasteiger charge is -2.01. The average Bonchev–Trinajstić information content (AvgIpc) is 2.38. The van der Waals surface area contributed by atoms with Crippen molar-refractivity contribution < 1.29 is 0 Å². The van der Waals surface area contributed by atoms with Crippen molar-refractivity contribution in [2.75, 3.05) is 0 Å². The molecule has 0 spiro atoms. The van der Waals surface area contributed by atoms with E-state index in [2.05, 4.69) is 18.2 Å². The summed E-state index contributed by atoms with van der Waals surface area (Å²) in [6.07, 6.45) is 2.94. The van der Waals surface area contributed by atoms with Crippen LogP contribution in [0, 0.1) is 0 Å². The SMILES string of the molecule is N/C(=C\Cc1ccccc1)c1ccccc1. The van der Waals surface area contributed by atoms with E-state index in [1.807, 2.05) is 48.5 Å². The number of nitrogens with two attached hydrogens (primary N) is 1. The Balaban J connectivity index is 2.09. The van der Waals surface area contributed by atoms with Crippen molar-refractivity contribution >= 4 is 5.70 Å². The quantitative estimate of drug-likeness (QED) is 0.825. The first-order valence-electron chi connectivity index (χ1n) is 5.41. The van der Waals surface area contributed by atoms with Gasteiger partial charge >= 0.3 is 0 Å². The van der Waals surface area contributed by atoms with E-state index in [-0.39, 0.29) is 0 Å². The molecule has 0 atom stereocenters. The van der Waals surface area contributed by atoms with Crippen molar-refractivity contribution in [2.45, 2.75) is 6.42 Å². The third kappa shape index (κ3) is 2.74. The Morgan fingerprint density at radius 1 is 0.875 bits per heavy atom. The van der Waals surface area contributed by atoms with E-state index >= 15 is 0 Å². The zero-order valence-electron chi connectivity index (χ0n) is 9.14. The molecule has 0 aliphatic rings. The van der Waals surface area contributed by atoms with Crippen LogP contribution >= 0.6 is 0 Å². The van der Waals surface area contributed by atoms with E-state index in [0.29, 0.717) is 0 Å². The van der Waals surface area contributed by atoms with E-state index < -0.39 is 0 Å². The molecule has 0 saturated heterocycles. The molecule has 0 heterocycles. The molecule has 0 unspecified atom stereocenters. The molecule has 0 aliphatic carbocycles. The van der Waals surface area contributed by atoms with Crippen LogP contribution in [0.25, 0.3) is 5.70 Å². The fraction of sp³-hybridized carbons (Fsp3) is 0.0667. The van der Waals surface area contributed by atoms with Crippen molar-refractivity contribution in [3.05, 3.63) is 77.9 Å². The van der Waals surface area contributed by atoms with Gasteiger partial charge in [0.25, 0.3) is 0 Å². The van der Waals surface area contributed by atoms with Gasteiger partial charge in [-0.25, -0.2) is 0 Å². The molecule has 2 rings (SSSR count). The minimum Gasteiger partial charge on any atom is -0.398 e. The van der Waals surface area contributed by atoms with Crippen molar-refractivity contribution in [3.8, 4) is 0 Å². The molecule has 0 amide bonds. The van der Waals surface area contributed by atoms with Gasteiger partial charge < -0.3 is 5.73 Å². The molecule has 2 aromatic carbocycles. The molecular formula is C15H15N. The van der Waals surface area contributed by atoms with Crippen LogP contribution in [0.2, 0.25) is 0 Å². The van der Waals surface area contributed by atoms with Crippen molar-refractivity contribution in [3.63, 3.8) is 0 Å². The van der Waals surface area contributed by atoms with Crippen LogP contribution in [-0.4, -0.2) is 0 Å². The largest absolute Gasteiger partial charge is 0.398 e. The summed E-state index contributed by atoms with van der Waals surface area (Å²) >= 11 is 0. The molecule has 16 heavy (non-hydrogen) atoms. The van der Waals surface area contributed by atoms with Crippen LogP contribution in [-0.2, 0) is 6.42 Å². The molecular weight excluding hydrogens is 194 g/mol. The zero-order chi connectivity index (χ0) is 11.2. The fourth-order valence-corrected chi connectivity index (χ4v) is 1.59. The Hall–Kier alpha value is -2.02. The molecule has 80 valence electrons. The molecule has 1 nitrogen and oxygen atoms in total. The zero-order valence-corrected chi connectivity index (χ0v) is 9.14. The van der Waals surface area contributed by atoms with Crippen LogP contribution in [0.15, 0.2) is 66.7 Å². The normalized spacial score (nSPS) is 11.4. The summed E-state index contributed by atoms with van der Waals surface area (Å²) in [5, 5.41) is 0. The molecule has 0 aromatic heterocycles. The van der Waals surface area contributed by atoms with Crippen LogP contribution in [0.1, 0.15) is 11.1 Å². The maximum absolute atomic E-state index is 6.00. The van der Waals surface area contributed by atoms with Crippen LogP contribution in [0.5, 0.6) is 0 Å². The van der Waals surface area contributed by atoms with Crippen LogP contribution < -0.4 is 5.73 Å². The van der Waals surface area contributed by atoms with E-state index in [4.69, 9.17) is 5.73 Å². The van der Waals surface area contributed by atoms with Crippen molar-refractivity contribution in [1.29, 1.82) is 0 Å². The highest BCUT2D eigenvalue weighted by molar-refractivity contribution is 5.62. The highest BCUT2D eigenvalue weighted by atomic mass is 14.6. The first-order chi connectivity index (χ1) is 7.86. The summed E-state index contributed by atoms with van der Waals surface area (Å²) in [4.78, 5) is 0. The smallest absolute Gasteiger partial charge is 0.0350 e. The second-order valence-corrected chi connectivity index (χ2v) is 3.72. The van der Waals surface area contributed by atoms with Gasteiger partial charge in [-0.15, -0.1) is 0 Å². The van der Waals surface area contributed by atoms with E-state index in [9.17, 15) is 0 Å². The molecule has 0 bridgehead atoms. The second-order valence-electron chi connectivity index (χ2n) is 3.72. The van der Waals surface area contributed by atoms with Crippen LogP contribution in [0.4, 0.5) is 0 Å². The Bertz CT molecular complexity index is 457. The number of rotatable bonds is 3. The van der Waals surface area contributed by atoms with Gasteiger partial charge in [0.1, 0.15) is 0 Å². The lowest BCUT2D eigenvalue weighted by Crippen LogP contribution is -1.96. The van der Waals surface area contributed by atoms with E-state index in [1.54, 1.807) is 0 Å². The van der Waals surface area contributed by atoms with Gasteiger partial charge in [0, 0.05) is 5.70 Å².